The molecule has 1 heterocycles. The van der Waals surface area contributed by atoms with E-state index in [9.17, 15) is 14.4 Å². The smallest absolute Gasteiger partial charge is 0.324 e. The molecular weight excluding hydrogens is 332 g/mol. The summed E-state index contributed by atoms with van der Waals surface area (Å²) in [5.41, 5.74) is 2.46. The standard InChI is InChI=1S/C18H21ClO5/c1-7-5-11(20)13-8(2)6-12(23-18(22)10(4)19)15-9(3)17(21)24-16(15)14(7)13/h5,9-10,12,14-16H,6H2,1-4H3/t9-,10-,12-,14+,15+,16+/m0/s1. The molecule has 130 valence electrons. The van der Waals surface area contributed by atoms with Crippen LogP contribution in [0.1, 0.15) is 34.1 Å². The zero-order chi connectivity index (χ0) is 17.8. The fraction of sp³-hybridized carbons (Fsp3) is 0.611. The number of esters is 2. The highest BCUT2D eigenvalue weighted by atomic mass is 35.5. The number of fused-ring (bicyclic) bond motifs is 3. The van der Waals surface area contributed by atoms with Gasteiger partial charge < -0.3 is 9.47 Å². The van der Waals surface area contributed by atoms with E-state index in [1.165, 1.54) is 0 Å². The maximum Gasteiger partial charge on any atom is 0.324 e. The zero-order valence-electron chi connectivity index (χ0n) is 14.2. The van der Waals surface area contributed by atoms with Gasteiger partial charge in [0.15, 0.2) is 5.78 Å². The molecule has 1 fully saturated rings. The fourth-order valence-corrected chi connectivity index (χ4v) is 4.20. The highest BCUT2D eigenvalue weighted by molar-refractivity contribution is 6.29. The van der Waals surface area contributed by atoms with Crippen LogP contribution < -0.4 is 0 Å². The summed E-state index contributed by atoms with van der Waals surface area (Å²) in [5, 5.41) is -0.768. The third kappa shape index (κ3) is 2.59. The van der Waals surface area contributed by atoms with Crippen molar-refractivity contribution in [2.45, 2.75) is 51.7 Å². The minimum absolute atomic E-state index is 0.0398. The molecular formula is C18H21ClO5. The number of ether oxygens (including phenoxy) is 2. The van der Waals surface area contributed by atoms with Crippen LogP contribution in [0.5, 0.6) is 0 Å². The number of carbonyl (C=O) groups is 3. The van der Waals surface area contributed by atoms with Crippen molar-refractivity contribution >= 4 is 29.3 Å². The molecule has 0 aromatic rings. The molecule has 0 N–H and O–H groups in total. The highest BCUT2D eigenvalue weighted by Crippen LogP contribution is 2.48. The Labute approximate surface area is 146 Å². The van der Waals surface area contributed by atoms with Crippen LogP contribution in [0.4, 0.5) is 0 Å². The van der Waals surface area contributed by atoms with Crippen LogP contribution in [0.25, 0.3) is 0 Å². The predicted octanol–water partition coefficient (Wildman–Crippen LogP) is 2.57. The van der Waals surface area contributed by atoms with Crippen LogP contribution in [0, 0.1) is 17.8 Å². The van der Waals surface area contributed by atoms with E-state index in [2.05, 4.69) is 0 Å². The van der Waals surface area contributed by atoms with Gasteiger partial charge >= 0.3 is 11.9 Å². The number of allylic oxidation sites excluding steroid dienone is 1. The number of hydrogen-bond donors (Lipinski definition) is 0. The van der Waals surface area contributed by atoms with Gasteiger partial charge in [0, 0.05) is 23.8 Å². The van der Waals surface area contributed by atoms with E-state index < -0.39 is 29.5 Å². The Morgan fingerprint density at radius 1 is 1.38 bits per heavy atom. The van der Waals surface area contributed by atoms with E-state index in [1.807, 2.05) is 13.8 Å². The average molecular weight is 353 g/mol. The van der Waals surface area contributed by atoms with E-state index >= 15 is 0 Å². The van der Waals surface area contributed by atoms with Gasteiger partial charge in [-0.2, -0.15) is 0 Å². The van der Waals surface area contributed by atoms with E-state index in [1.54, 1.807) is 19.9 Å². The lowest BCUT2D eigenvalue weighted by Crippen LogP contribution is -2.38. The molecule has 6 atom stereocenters. The van der Waals surface area contributed by atoms with Gasteiger partial charge in [0.2, 0.25) is 0 Å². The van der Waals surface area contributed by atoms with E-state index in [0.29, 0.717) is 12.0 Å². The Morgan fingerprint density at radius 2 is 2.04 bits per heavy atom. The Morgan fingerprint density at radius 3 is 2.67 bits per heavy atom. The maximum atomic E-state index is 12.4. The summed E-state index contributed by atoms with van der Waals surface area (Å²) in [6.07, 6.45) is 1.02. The first-order valence-electron chi connectivity index (χ1n) is 8.19. The SMILES string of the molecule is CC1=CC(=O)C2=C(C)C[C@H](OC(=O)[C@H](C)Cl)[C@@H]3[C@H](OC(=O)[C@H]3C)[C@H]12. The van der Waals surface area contributed by atoms with Crippen molar-refractivity contribution in [2.24, 2.45) is 17.8 Å². The van der Waals surface area contributed by atoms with Crippen LogP contribution in [0.15, 0.2) is 22.8 Å². The van der Waals surface area contributed by atoms with Crippen molar-refractivity contribution in [1.29, 1.82) is 0 Å². The topological polar surface area (TPSA) is 69.7 Å². The van der Waals surface area contributed by atoms with Gasteiger partial charge in [0.05, 0.1) is 5.92 Å². The van der Waals surface area contributed by atoms with Gasteiger partial charge in [-0.3, -0.25) is 14.4 Å². The molecule has 1 aliphatic heterocycles. The molecule has 2 aliphatic carbocycles. The van der Waals surface area contributed by atoms with Crippen molar-refractivity contribution in [3.05, 3.63) is 22.8 Å². The average Bonchev–Trinajstić information content (AvgIpc) is 2.89. The molecule has 3 rings (SSSR count). The minimum Gasteiger partial charge on any atom is -0.461 e. The normalized spacial score (nSPS) is 36.5. The van der Waals surface area contributed by atoms with Gasteiger partial charge in [-0.1, -0.05) is 18.1 Å². The number of ketones is 1. The van der Waals surface area contributed by atoms with Crippen molar-refractivity contribution in [3.8, 4) is 0 Å². The van der Waals surface area contributed by atoms with Crippen molar-refractivity contribution < 1.29 is 23.9 Å². The fourth-order valence-electron chi connectivity index (χ4n) is 4.15. The highest BCUT2D eigenvalue weighted by Gasteiger charge is 2.55. The van der Waals surface area contributed by atoms with E-state index in [0.717, 1.165) is 11.1 Å². The Hall–Kier alpha value is -1.62. The number of hydrogen-bond acceptors (Lipinski definition) is 5. The van der Waals surface area contributed by atoms with Crippen LogP contribution in [-0.2, 0) is 23.9 Å². The van der Waals surface area contributed by atoms with Crippen LogP contribution >= 0.6 is 11.6 Å². The third-order valence-corrected chi connectivity index (χ3v) is 5.50. The molecule has 6 heteroatoms. The molecule has 1 saturated heterocycles. The second-order valence-electron chi connectivity index (χ2n) is 6.99. The van der Waals surface area contributed by atoms with Crippen LogP contribution in [-0.4, -0.2) is 35.3 Å². The third-order valence-electron chi connectivity index (χ3n) is 5.32. The first-order valence-corrected chi connectivity index (χ1v) is 8.63. The van der Waals surface area contributed by atoms with Gasteiger partial charge in [0.25, 0.3) is 0 Å². The first-order chi connectivity index (χ1) is 11.2. The zero-order valence-corrected chi connectivity index (χ0v) is 14.9. The molecule has 0 amide bonds. The van der Waals surface area contributed by atoms with Gasteiger partial charge in [0.1, 0.15) is 17.6 Å². The van der Waals surface area contributed by atoms with Crippen LogP contribution in [0.3, 0.4) is 0 Å². The number of halogens is 1. The predicted molar refractivity (Wildman–Crippen MR) is 87.3 cm³/mol. The Balaban J connectivity index is 2.03. The van der Waals surface area contributed by atoms with Crippen LogP contribution in [0.2, 0.25) is 0 Å². The first kappa shape index (κ1) is 17.2. The molecule has 0 aromatic heterocycles. The Kier molecular flexibility index (Phi) is 4.32. The second kappa shape index (κ2) is 6.03. The summed E-state index contributed by atoms with van der Waals surface area (Å²) in [4.78, 5) is 36.5. The molecule has 0 aromatic carbocycles. The molecule has 0 spiro atoms. The molecule has 0 saturated carbocycles. The molecule has 0 bridgehead atoms. The quantitative estimate of drug-likeness (QED) is 0.564. The maximum absolute atomic E-state index is 12.4. The number of alkyl halides is 1. The monoisotopic (exact) mass is 352 g/mol. The van der Waals surface area contributed by atoms with Crippen molar-refractivity contribution in [3.63, 3.8) is 0 Å². The second-order valence-corrected chi connectivity index (χ2v) is 7.64. The molecule has 0 unspecified atom stereocenters. The minimum atomic E-state index is -0.768. The molecule has 5 nitrogen and oxygen atoms in total. The lowest BCUT2D eigenvalue weighted by atomic mass is 9.79. The lowest BCUT2D eigenvalue weighted by molar-refractivity contribution is -0.152. The lowest BCUT2D eigenvalue weighted by Gasteiger charge is -2.29. The summed E-state index contributed by atoms with van der Waals surface area (Å²) in [5.74, 6) is -1.79. The van der Waals surface area contributed by atoms with Crippen molar-refractivity contribution in [2.75, 3.05) is 0 Å². The molecule has 3 aliphatic rings. The summed E-state index contributed by atoms with van der Waals surface area (Å²) in [6.45, 7) is 7.09. The van der Waals surface area contributed by atoms with Gasteiger partial charge in [-0.05, 0) is 26.8 Å². The number of rotatable bonds is 2. The Bertz CT molecular complexity index is 675. The van der Waals surface area contributed by atoms with Gasteiger partial charge in [-0.25, -0.2) is 0 Å². The summed E-state index contributed by atoms with van der Waals surface area (Å²) in [7, 11) is 0. The molecule has 24 heavy (non-hydrogen) atoms. The van der Waals surface area contributed by atoms with E-state index in [4.69, 9.17) is 21.1 Å². The number of carbonyl (C=O) groups excluding carboxylic acids is 3. The van der Waals surface area contributed by atoms with E-state index in [-0.39, 0.29) is 23.6 Å². The largest absolute Gasteiger partial charge is 0.461 e. The summed E-state index contributed by atoms with van der Waals surface area (Å²) >= 11 is 5.83. The molecule has 0 radical (unpaired) electrons. The van der Waals surface area contributed by atoms with Crippen molar-refractivity contribution in [1.82, 2.24) is 0 Å². The van der Waals surface area contributed by atoms with Gasteiger partial charge in [-0.15, -0.1) is 11.6 Å². The summed E-state index contributed by atoms with van der Waals surface area (Å²) < 4.78 is 11.2. The summed E-state index contributed by atoms with van der Waals surface area (Å²) in [6, 6.07) is 0.